The maximum Gasteiger partial charge on any atom is 0.164 e. The molecule has 0 saturated heterocycles. The van der Waals surface area contributed by atoms with Crippen molar-refractivity contribution in [1.29, 1.82) is 0 Å². The van der Waals surface area contributed by atoms with Gasteiger partial charge >= 0.3 is 0 Å². The summed E-state index contributed by atoms with van der Waals surface area (Å²) in [7, 11) is 0. The van der Waals surface area contributed by atoms with E-state index in [0.717, 1.165) is 65.0 Å². The Labute approximate surface area is 344 Å². The fourth-order valence-corrected chi connectivity index (χ4v) is 10.1. The molecule has 1 aliphatic carbocycles. The Morgan fingerprint density at radius 1 is 0.424 bits per heavy atom. The van der Waals surface area contributed by atoms with E-state index in [1.807, 2.05) is 42.5 Å². The lowest BCUT2D eigenvalue weighted by Gasteiger charge is -2.33. The Morgan fingerprint density at radius 3 is 1.81 bits per heavy atom. The van der Waals surface area contributed by atoms with Gasteiger partial charge in [0.2, 0.25) is 0 Å². The van der Waals surface area contributed by atoms with Crippen LogP contribution in [0.15, 0.2) is 199 Å². The molecule has 11 aromatic rings. The zero-order chi connectivity index (χ0) is 38.9. The van der Waals surface area contributed by atoms with Crippen molar-refractivity contribution in [3.63, 3.8) is 0 Å². The minimum Gasteiger partial charge on any atom is -0.456 e. The SMILES string of the molecule is c1ccc(-c2nc(-c3cccc4c3-c3ccccc3C4(c3ccccc3)c3ccccc3)nc(-c3cccc4oc5ccc(-c6nc7ccccc7s6)cc5c34)n2)cc1. The van der Waals surface area contributed by atoms with E-state index in [1.54, 1.807) is 11.3 Å². The zero-order valence-corrected chi connectivity index (χ0v) is 32.4. The number of benzene rings is 8. The van der Waals surface area contributed by atoms with Gasteiger partial charge in [0.15, 0.2) is 17.5 Å². The predicted molar refractivity (Wildman–Crippen MR) is 239 cm³/mol. The van der Waals surface area contributed by atoms with Gasteiger partial charge in [-0.05, 0) is 69.8 Å². The normalized spacial score (nSPS) is 12.9. The summed E-state index contributed by atoms with van der Waals surface area (Å²) in [6.45, 7) is 0. The molecule has 6 heteroatoms. The first kappa shape index (κ1) is 33.6. The van der Waals surface area contributed by atoms with Crippen molar-refractivity contribution in [2.24, 2.45) is 0 Å². The third-order valence-electron chi connectivity index (χ3n) is 11.7. The second-order valence-corrected chi connectivity index (χ2v) is 15.9. The number of nitrogens with zero attached hydrogens (tertiary/aromatic N) is 4. The van der Waals surface area contributed by atoms with Crippen LogP contribution in [0.1, 0.15) is 22.3 Å². The summed E-state index contributed by atoms with van der Waals surface area (Å²) in [5, 5.41) is 2.91. The third-order valence-corrected chi connectivity index (χ3v) is 12.8. The van der Waals surface area contributed by atoms with E-state index in [4.69, 9.17) is 24.4 Å². The molecule has 0 radical (unpaired) electrons. The predicted octanol–water partition coefficient (Wildman–Crippen LogP) is 13.4. The Bertz CT molecular complexity index is 3320. The Morgan fingerprint density at radius 2 is 1.03 bits per heavy atom. The van der Waals surface area contributed by atoms with Gasteiger partial charge in [-0.2, -0.15) is 0 Å². The number of para-hydroxylation sites is 1. The highest BCUT2D eigenvalue weighted by Crippen LogP contribution is 2.58. The van der Waals surface area contributed by atoms with Crippen LogP contribution in [0.5, 0.6) is 0 Å². The number of rotatable bonds is 6. The highest BCUT2D eigenvalue weighted by Gasteiger charge is 2.47. The molecule has 0 bridgehead atoms. The Hall–Kier alpha value is -7.54. The first-order valence-electron chi connectivity index (χ1n) is 19.7. The fraction of sp³-hybridized carbons (Fsp3) is 0.0189. The molecular weight excluding hydrogens is 741 g/mol. The topological polar surface area (TPSA) is 64.7 Å². The average molecular weight is 773 g/mol. The summed E-state index contributed by atoms with van der Waals surface area (Å²) in [6.07, 6.45) is 0. The van der Waals surface area contributed by atoms with Crippen molar-refractivity contribution in [3.05, 3.63) is 216 Å². The van der Waals surface area contributed by atoms with Gasteiger partial charge in [-0.15, -0.1) is 11.3 Å². The molecule has 59 heavy (non-hydrogen) atoms. The molecule has 12 rings (SSSR count). The van der Waals surface area contributed by atoms with Crippen molar-refractivity contribution >= 4 is 43.5 Å². The number of hydrogen-bond acceptors (Lipinski definition) is 6. The number of fused-ring (bicyclic) bond motifs is 7. The van der Waals surface area contributed by atoms with Gasteiger partial charge < -0.3 is 4.42 Å². The molecule has 0 unspecified atom stereocenters. The zero-order valence-electron chi connectivity index (χ0n) is 31.6. The van der Waals surface area contributed by atoms with Gasteiger partial charge in [0.05, 0.1) is 15.6 Å². The van der Waals surface area contributed by atoms with Gasteiger partial charge in [0.1, 0.15) is 16.2 Å². The van der Waals surface area contributed by atoms with Crippen molar-refractivity contribution in [1.82, 2.24) is 19.9 Å². The molecular formula is C53H32N4OS. The molecule has 276 valence electrons. The van der Waals surface area contributed by atoms with E-state index in [1.165, 1.54) is 27.8 Å². The van der Waals surface area contributed by atoms with Crippen LogP contribution in [-0.2, 0) is 5.41 Å². The van der Waals surface area contributed by atoms with E-state index in [0.29, 0.717) is 17.5 Å². The van der Waals surface area contributed by atoms with Crippen LogP contribution >= 0.6 is 11.3 Å². The summed E-state index contributed by atoms with van der Waals surface area (Å²) in [4.78, 5) is 20.9. The molecule has 0 N–H and O–H groups in total. The quantitative estimate of drug-likeness (QED) is 0.168. The van der Waals surface area contributed by atoms with Crippen molar-refractivity contribution in [3.8, 4) is 55.9 Å². The van der Waals surface area contributed by atoms with Crippen molar-refractivity contribution in [2.45, 2.75) is 5.41 Å². The van der Waals surface area contributed by atoms with Gasteiger partial charge in [0, 0.05) is 33.0 Å². The Balaban J connectivity index is 1.11. The van der Waals surface area contributed by atoms with Crippen LogP contribution < -0.4 is 0 Å². The van der Waals surface area contributed by atoms with E-state index >= 15 is 0 Å². The summed E-state index contributed by atoms with van der Waals surface area (Å²) in [5.41, 5.74) is 12.9. The molecule has 8 aromatic carbocycles. The fourth-order valence-electron chi connectivity index (χ4n) is 9.15. The van der Waals surface area contributed by atoms with Crippen LogP contribution in [0.2, 0.25) is 0 Å². The molecule has 3 aromatic heterocycles. The van der Waals surface area contributed by atoms with E-state index in [9.17, 15) is 0 Å². The van der Waals surface area contributed by atoms with Gasteiger partial charge in [-0.25, -0.2) is 19.9 Å². The number of aromatic nitrogens is 4. The van der Waals surface area contributed by atoms with Gasteiger partial charge in [0.25, 0.3) is 0 Å². The minimum absolute atomic E-state index is 0.551. The minimum atomic E-state index is -0.551. The maximum atomic E-state index is 6.51. The summed E-state index contributed by atoms with van der Waals surface area (Å²) in [5.74, 6) is 1.79. The highest BCUT2D eigenvalue weighted by molar-refractivity contribution is 7.21. The van der Waals surface area contributed by atoms with Crippen LogP contribution in [0, 0.1) is 0 Å². The molecule has 1 aliphatic rings. The third kappa shape index (κ3) is 5.17. The lowest BCUT2D eigenvalue weighted by molar-refractivity contribution is 0.669. The summed E-state index contributed by atoms with van der Waals surface area (Å²) in [6, 6.07) is 68.0. The first-order chi connectivity index (χ1) is 29.2. The molecule has 0 saturated carbocycles. The molecule has 0 atom stereocenters. The highest BCUT2D eigenvalue weighted by atomic mass is 32.1. The molecule has 0 amide bonds. The van der Waals surface area contributed by atoms with E-state index < -0.39 is 5.41 Å². The first-order valence-corrected chi connectivity index (χ1v) is 20.5. The van der Waals surface area contributed by atoms with E-state index in [-0.39, 0.29) is 0 Å². The maximum absolute atomic E-state index is 6.51. The summed E-state index contributed by atoms with van der Waals surface area (Å²) < 4.78 is 7.67. The molecule has 0 aliphatic heterocycles. The lowest BCUT2D eigenvalue weighted by atomic mass is 9.67. The second kappa shape index (κ2) is 13.3. The van der Waals surface area contributed by atoms with Crippen LogP contribution in [0.4, 0.5) is 0 Å². The Kier molecular flexibility index (Phi) is 7.55. The van der Waals surface area contributed by atoms with Crippen molar-refractivity contribution in [2.75, 3.05) is 0 Å². The van der Waals surface area contributed by atoms with Gasteiger partial charge in [-0.3, -0.25) is 0 Å². The summed E-state index contributed by atoms with van der Waals surface area (Å²) >= 11 is 1.69. The molecule has 5 nitrogen and oxygen atoms in total. The van der Waals surface area contributed by atoms with E-state index in [2.05, 4.69) is 152 Å². The monoisotopic (exact) mass is 772 g/mol. The number of thiazole rings is 1. The van der Waals surface area contributed by atoms with Crippen LogP contribution in [0.25, 0.3) is 88.0 Å². The van der Waals surface area contributed by atoms with Crippen molar-refractivity contribution < 1.29 is 4.42 Å². The number of furan rings is 1. The lowest BCUT2D eigenvalue weighted by Crippen LogP contribution is -2.28. The molecule has 3 heterocycles. The standard InChI is InChI=1S/C53H32N4OS/c1-4-16-33(17-5-1)49-55-50(38-23-14-26-42-47(38)37-22-10-11-25-41(37)53(42,35-18-6-2-7-19-35)36-20-8-3-9-21-36)57-51(56-49)39-24-15-28-45-48(39)40-32-34(30-31-44(40)58-45)52-54-43-27-12-13-29-46(43)59-52/h1-32H. The van der Waals surface area contributed by atoms with Crippen LogP contribution in [0.3, 0.4) is 0 Å². The molecule has 0 fully saturated rings. The average Bonchev–Trinajstić information content (AvgIpc) is 4.00. The second-order valence-electron chi connectivity index (χ2n) is 14.9. The smallest absolute Gasteiger partial charge is 0.164 e. The largest absolute Gasteiger partial charge is 0.456 e. The van der Waals surface area contributed by atoms with Gasteiger partial charge in [-0.1, -0.05) is 158 Å². The number of hydrogen-bond donors (Lipinski definition) is 0. The molecule has 0 spiro atoms. The van der Waals surface area contributed by atoms with Crippen LogP contribution in [-0.4, -0.2) is 19.9 Å².